The van der Waals surface area contributed by atoms with Gasteiger partial charge in [0.05, 0.1) is 6.61 Å². The molecule has 0 bridgehead atoms. The van der Waals surface area contributed by atoms with Gasteiger partial charge < -0.3 is 10.5 Å². The van der Waals surface area contributed by atoms with Gasteiger partial charge in [-0.05, 0) is 43.0 Å². The molecule has 0 saturated carbocycles. The van der Waals surface area contributed by atoms with Gasteiger partial charge >= 0.3 is 0 Å². The number of ether oxygens (including phenoxy) is 1. The molecule has 0 saturated heterocycles. The minimum atomic E-state index is -0.244. The molecule has 2 aromatic rings. The molecule has 0 spiro atoms. The summed E-state index contributed by atoms with van der Waals surface area (Å²) in [4.78, 5) is 1.28. The highest BCUT2D eigenvalue weighted by atomic mass is 32.1. The fourth-order valence-corrected chi connectivity index (χ4v) is 2.56. The lowest BCUT2D eigenvalue weighted by atomic mass is 10.1. The Balaban J connectivity index is 2.08. The Bertz CT molecular complexity index is 537. The minimum Gasteiger partial charge on any atom is -0.493 e. The molecule has 2 rings (SSSR count). The van der Waals surface area contributed by atoms with Crippen molar-refractivity contribution in [2.24, 2.45) is 5.73 Å². The molecule has 0 aliphatic carbocycles. The number of halogens is 1. The second kappa shape index (κ2) is 6.17. The minimum absolute atomic E-state index is 0.238. The molecule has 0 amide bonds. The largest absolute Gasteiger partial charge is 0.493 e. The third-order valence-corrected chi connectivity index (χ3v) is 3.90. The number of aryl methyl sites for hydroxylation is 1. The quantitative estimate of drug-likeness (QED) is 0.902. The summed E-state index contributed by atoms with van der Waals surface area (Å²) in [6, 6.07) is 7.06. The molecular weight excluding hydrogens is 261 g/mol. The van der Waals surface area contributed by atoms with E-state index in [4.69, 9.17) is 10.5 Å². The highest BCUT2D eigenvalue weighted by Crippen LogP contribution is 2.27. The lowest BCUT2D eigenvalue weighted by Gasteiger charge is -2.15. The van der Waals surface area contributed by atoms with Gasteiger partial charge in [0, 0.05) is 22.9 Å². The molecule has 1 atom stereocenters. The zero-order valence-electron chi connectivity index (χ0n) is 11.2. The second-order valence-electron chi connectivity index (χ2n) is 4.61. The lowest BCUT2D eigenvalue weighted by Crippen LogP contribution is -2.10. The Kier molecular flexibility index (Phi) is 4.56. The molecule has 1 aromatic heterocycles. The molecule has 0 aliphatic heterocycles. The molecule has 0 fully saturated rings. The van der Waals surface area contributed by atoms with Crippen molar-refractivity contribution in [3.05, 3.63) is 51.5 Å². The third-order valence-electron chi connectivity index (χ3n) is 2.97. The van der Waals surface area contributed by atoms with Crippen molar-refractivity contribution in [3.8, 4) is 5.75 Å². The monoisotopic (exact) mass is 279 g/mol. The Morgan fingerprint density at radius 1 is 1.42 bits per heavy atom. The Morgan fingerprint density at radius 3 is 2.84 bits per heavy atom. The molecule has 0 radical (unpaired) electrons. The van der Waals surface area contributed by atoms with Crippen LogP contribution in [0.4, 0.5) is 4.39 Å². The first-order valence-electron chi connectivity index (χ1n) is 6.28. The fraction of sp³-hybridized carbons (Fsp3) is 0.333. The van der Waals surface area contributed by atoms with E-state index < -0.39 is 0 Å². The van der Waals surface area contributed by atoms with Crippen LogP contribution < -0.4 is 10.5 Å². The predicted octanol–water partition coefficient (Wildman–Crippen LogP) is 3.84. The van der Waals surface area contributed by atoms with Crippen molar-refractivity contribution >= 4 is 11.3 Å². The predicted molar refractivity (Wildman–Crippen MR) is 77.3 cm³/mol. The summed E-state index contributed by atoms with van der Waals surface area (Å²) in [5, 5.41) is 2.05. The van der Waals surface area contributed by atoms with Crippen LogP contribution in [0.1, 0.15) is 29.0 Å². The van der Waals surface area contributed by atoms with Crippen molar-refractivity contribution in [2.75, 3.05) is 6.61 Å². The van der Waals surface area contributed by atoms with Crippen LogP contribution in [0.3, 0.4) is 0 Å². The number of hydrogen-bond donors (Lipinski definition) is 1. The lowest BCUT2D eigenvalue weighted by molar-refractivity contribution is 0.317. The van der Waals surface area contributed by atoms with E-state index in [2.05, 4.69) is 6.07 Å². The van der Waals surface area contributed by atoms with E-state index in [-0.39, 0.29) is 11.9 Å². The van der Waals surface area contributed by atoms with Crippen LogP contribution in [0, 0.1) is 12.7 Å². The van der Waals surface area contributed by atoms with Gasteiger partial charge in [-0.25, -0.2) is 4.39 Å². The SMILES string of the molecule is Cc1cc(OCCc2cccs2)c([C@H](C)N)cc1F. The van der Waals surface area contributed by atoms with Crippen molar-refractivity contribution in [1.82, 2.24) is 0 Å². The summed E-state index contributed by atoms with van der Waals surface area (Å²) in [6.07, 6.45) is 0.854. The number of hydrogen-bond acceptors (Lipinski definition) is 3. The molecule has 1 aromatic carbocycles. The van der Waals surface area contributed by atoms with E-state index in [0.29, 0.717) is 23.5 Å². The van der Waals surface area contributed by atoms with Crippen molar-refractivity contribution < 1.29 is 9.13 Å². The van der Waals surface area contributed by atoms with Gasteiger partial charge in [-0.1, -0.05) is 6.07 Å². The van der Waals surface area contributed by atoms with Crippen LogP contribution in [-0.2, 0) is 6.42 Å². The van der Waals surface area contributed by atoms with E-state index in [0.717, 1.165) is 6.42 Å². The maximum Gasteiger partial charge on any atom is 0.126 e. The average Bonchev–Trinajstić information content (AvgIpc) is 2.86. The first-order valence-corrected chi connectivity index (χ1v) is 7.16. The third kappa shape index (κ3) is 3.55. The summed E-state index contributed by atoms with van der Waals surface area (Å²) < 4.78 is 19.3. The smallest absolute Gasteiger partial charge is 0.126 e. The van der Waals surface area contributed by atoms with E-state index >= 15 is 0 Å². The van der Waals surface area contributed by atoms with Crippen molar-refractivity contribution in [2.45, 2.75) is 26.3 Å². The van der Waals surface area contributed by atoms with Crippen LogP contribution >= 0.6 is 11.3 Å². The van der Waals surface area contributed by atoms with Crippen molar-refractivity contribution in [3.63, 3.8) is 0 Å². The second-order valence-corrected chi connectivity index (χ2v) is 5.64. The standard InChI is InChI=1S/C15H18FNOS/c1-10-8-15(13(11(2)17)9-14(10)16)18-6-5-12-4-3-7-19-12/h3-4,7-9,11H,5-6,17H2,1-2H3/t11-/m0/s1. The van der Waals surface area contributed by atoms with Crippen LogP contribution in [-0.4, -0.2) is 6.61 Å². The molecule has 1 heterocycles. The summed E-state index contributed by atoms with van der Waals surface area (Å²) in [5.41, 5.74) is 7.15. The zero-order valence-corrected chi connectivity index (χ0v) is 12.0. The number of rotatable bonds is 5. The molecule has 19 heavy (non-hydrogen) atoms. The topological polar surface area (TPSA) is 35.2 Å². The van der Waals surface area contributed by atoms with E-state index in [1.54, 1.807) is 24.3 Å². The van der Waals surface area contributed by atoms with Crippen LogP contribution in [0.2, 0.25) is 0 Å². The first-order chi connectivity index (χ1) is 9.08. The normalized spacial score (nSPS) is 12.4. The maximum absolute atomic E-state index is 13.6. The molecule has 0 unspecified atom stereocenters. The van der Waals surface area contributed by atoms with E-state index in [9.17, 15) is 4.39 Å². The zero-order chi connectivity index (χ0) is 13.8. The van der Waals surface area contributed by atoms with Crippen LogP contribution in [0.15, 0.2) is 29.6 Å². The molecule has 2 N–H and O–H groups in total. The van der Waals surface area contributed by atoms with Gasteiger partial charge in [0.2, 0.25) is 0 Å². The Labute approximate surface area is 117 Å². The van der Waals surface area contributed by atoms with E-state index in [1.807, 2.05) is 18.4 Å². The summed E-state index contributed by atoms with van der Waals surface area (Å²) in [5.74, 6) is 0.448. The molecular formula is C15H18FNOS. The summed E-state index contributed by atoms with van der Waals surface area (Å²) >= 11 is 1.71. The fourth-order valence-electron chi connectivity index (χ4n) is 1.87. The van der Waals surface area contributed by atoms with Gasteiger partial charge in [-0.3, -0.25) is 0 Å². The van der Waals surface area contributed by atoms with Crippen LogP contribution in [0.25, 0.3) is 0 Å². The highest BCUT2D eigenvalue weighted by Gasteiger charge is 2.12. The number of thiophene rings is 1. The average molecular weight is 279 g/mol. The highest BCUT2D eigenvalue weighted by molar-refractivity contribution is 7.09. The van der Waals surface area contributed by atoms with Crippen LogP contribution in [0.5, 0.6) is 5.75 Å². The van der Waals surface area contributed by atoms with Gasteiger partial charge in [-0.15, -0.1) is 11.3 Å². The van der Waals surface area contributed by atoms with Gasteiger partial charge in [-0.2, -0.15) is 0 Å². The number of nitrogens with two attached hydrogens (primary N) is 1. The van der Waals surface area contributed by atoms with Gasteiger partial charge in [0.15, 0.2) is 0 Å². The Hall–Kier alpha value is -1.39. The molecule has 4 heteroatoms. The van der Waals surface area contributed by atoms with Crippen molar-refractivity contribution in [1.29, 1.82) is 0 Å². The first kappa shape index (κ1) is 14.0. The molecule has 102 valence electrons. The maximum atomic E-state index is 13.6. The molecule has 2 nitrogen and oxygen atoms in total. The summed E-state index contributed by atoms with van der Waals surface area (Å²) in [7, 11) is 0. The van der Waals surface area contributed by atoms with Gasteiger partial charge in [0.1, 0.15) is 11.6 Å². The molecule has 0 aliphatic rings. The summed E-state index contributed by atoms with van der Waals surface area (Å²) in [6.45, 7) is 4.13. The van der Waals surface area contributed by atoms with E-state index in [1.165, 1.54) is 10.9 Å². The number of benzene rings is 1. The van der Waals surface area contributed by atoms with Gasteiger partial charge in [0.25, 0.3) is 0 Å². The Morgan fingerprint density at radius 2 is 2.21 bits per heavy atom.